The van der Waals surface area contributed by atoms with E-state index in [0.29, 0.717) is 18.2 Å². The molecule has 1 amide bonds. The molecular formula is C17H32N2O. The first kappa shape index (κ1) is 15.8. The predicted molar refractivity (Wildman–Crippen MR) is 83.4 cm³/mol. The molecule has 0 saturated heterocycles. The lowest BCUT2D eigenvalue weighted by Gasteiger charge is -2.30. The van der Waals surface area contributed by atoms with Crippen LogP contribution in [-0.2, 0) is 4.79 Å². The Morgan fingerprint density at radius 1 is 1.10 bits per heavy atom. The van der Waals surface area contributed by atoms with Crippen LogP contribution in [0.1, 0.15) is 71.1 Å². The van der Waals surface area contributed by atoms with E-state index in [1.807, 2.05) is 0 Å². The van der Waals surface area contributed by atoms with Gasteiger partial charge in [-0.2, -0.15) is 0 Å². The zero-order valence-electron chi connectivity index (χ0n) is 13.2. The molecule has 0 aliphatic heterocycles. The van der Waals surface area contributed by atoms with E-state index in [1.165, 1.54) is 38.5 Å². The molecule has 0 aromatic heterocycles. The van der Waals surface area contributed by atoms with Crippen molar-refractivity contribution in [2.45, 2.75) is 77.2 Å². The fraction of sp³-hybridized carbons (Fsp3) is 0.941. The topological polar surface area (TPSA) is 46.3 Å². The van der Waals surface area contributed by atoms with Crippen molar-refractivity contribution in [1.29, 1.82) is 0 Å². The third-order valence-electron chi connectivity index (χ3n) is 5.20. The lowest BCUT2D eigenvalue weighted by atomic mass is 9.88. The van der Waals surface area contributed by atoms with Gasteiger partial charge in [0.15, 0.2) is 0 Å². The van der Waals surface area contributed by atoms with Crippen molar-refractivity contribution < 1.29 is 4.79 Å². The summed E-state index contributed by atoms with van der Waals surface area (Å²) in [7, 11) is 0. The second-order valence-corrected chi connectivity index (χ2v) is 6.90. The largest absolute Gasteiger partial charge is 0.342 e. The maximum atomic E-state index is 12.6. The Labute approximate surface area is 124 Å². The Balaban J connectivity index is 1.84. The summed E-state index contributed by atoms with van der Waals surface area (Å²) in [6, 6.07) is 0.261. The van der Waals surface area contributed by atoms with Crippen molar-refractivity contribution in [2.24, 2.45) is 17.6 Å². The van der Waals surface area contributed by atoms with Gasteiger partial charge in [0.2, 0.25) is 5.91 Å². The monoisotopic (exact) mass is 280 g/mol. The molecule has 0 spiro atoms. The van der Waals surface area contributed by atoms with E-state index in [0.717, 1.165) is 38.3 Å². The first-order chi connectivity index (χ1) is 9.70. The van der Waals surface area contributed by atoms with Crippen molar-refractivity contribution in [3.63, 3.8) is 0 Å². The van der Waals surface area contributed by atoms with E-state index in [4.69, 9.17) is 5.73 Å². The van der Waals surface area contributed by atoms with Crippen molar-refractivity contribution >= 4 is 5.91 Å². The van der Waals surface area contributed by atoms with Crippen LogP contribution >= 0.6 is 0 Å². The molecule has 0 bridgehead atoms. The predicted octanol–water partition coefficient (Wildman–Crippen LogP) is 3.32. The number of rotatable bonds is 6. The summed E-state index contributed by atoms with van der Waals surface area (Å²) in [6.07, 6.45) is 11.9. The number of hydrogen-bond donors (Lipinski definition) is 1. The average Bonchev–Trinajstić information content (AvgIpc) is 2.85. The summed E-state index contributed by atoms with van der Waals surface area (Å²) in [5.41, 5.74) is 6.11. The molecule has 20 heavy (non-hydrogen) atoms. The van der Waals surface area contributed by atoms with Crippen LogP contribution in [0.4, 0.5) is 0 Å². The molecule has 0 aromatic rings. The van der Waals surface area contributed by atoms with Gasteiger partial charge in [-0.25, -0.2) is 0 Å². The van der Waals surface area contributed by atoms with Crippen molar-refractivity contribution in [3.8, 4) is 0 Å². The third-order valence-corrected chi connectivity index (χ3v) is 5.20. The Kier molecular flexibility index (Phi) is 6.34. The number of carbonyl (C=O) groups excluding carboxylic acids is 1. The van der Waals surface area contributed by atoms with Crippen LogP contribution in [0.25, 0.3) is 0 Å². The van der Waals surface area contributed by atoms with E-state index in [1.54, 1.807) is 0 Å². The first-order valence-electron chi connectivity index (χ1n) is 8.74. The Morgan fingerprint density at radius 3 is 2.45 bits per heavy atom. The van der Waals surface area contributed by atoms with Gasteiger partial charge in [-0.1, -0.05) is 32.6 Å². The number of nitrogens with two attached hydrogens (primary N) is 1. The molecule has 0 heterocycles. The quantitative estimate of drug-likeness (QED) is 0.811. The standard InChI is InChI=1S/C17H32N2O/c1-2-11-19(13-14-7-4-3-5-8-14)17(20)12-15-9-6-10-16(15)18/h14-16H,2-13,18H2,1H3/t15-,16+/m0/s1. The highest BCUT2D eigenvalue weighted by molar-refractivity contribution is 5.76. The second kappa shape index (κ2) is 8.02. The Morgan fingerprint density at radius 2 is 1.85 bits per heavy atom. The summed E-state index contributed by atoms with van der Waals surface area (Å²) in [5.74, 6) is 1.55. The molecule has 116 valence electrons. The molecule has 3 nitrogen and oxygen atoms in total. The van der Waals surface area contributed by atoms with E-state index >= 15 is 0 Å². The van der Waals surface area contributed by atoms with Crippen LogP contribution in [0.5, 0.6) is 0 Å². The minimum atomic E-state index is 0.261. The van der Waals surface area contributed by atoms with E-state index in [2.05, 4.69) is 11.8 Å². The number of hydrogen-bond acceptors (Lipinski definition) is 2. The molecule has 2 N–H and O–H groups in total. The summed E-state index contributed by atoms with van der Waals surface area (Å²) in [6.45, 7) is 4.09. The molecule has 2 aliphatic carbocycles. The molecule has 2 aliphatic rings. The lowest BCUT2D eigenvalue weighted by Crippen LogP contribution is -2.39. The van der Waals surface area contributed by atoms with Crippen LogP contribution < -0.4 is 5.73 Å². The van der Waals surface area contributed by atoms with Gasteiger partial charge >= 0.3 is 0 Å². The fourth-order valence-electron chi connectivity index (χ4n) is 3.94. The average molecular weight is 280 g/mol. The number of nitrogens with zero attached hydrogens (tertiary/aromatic N) is 1. The summed E-state index contributed by atoms with van der Waals surface area (Å²) >= 11 is 0. The zero-order chi connectivity index (χ0) is 14.4. The molecule has 2 fully saturated rings. The highest BCUT2D eigenvalue weighted by atomic mass is 16.2. The van der Waals surface area contributed by atoms with Crippen molar-refractivity contribution in [1.82, 2.24) is 4.90 Å². The van der Waals surface area contributed by atoms with Gasteiger partial charge in [-0.3, -0.25) is 4.79 Å². The first-order valence-corrected chi connectivity index (χ1v) is 8.74. The molecule has 2 saturated carbocycles. The highest BCUT2D eigenvalue weighted by Crippen LogP contribution is 2.29. The molecule has 0 radical (unpaired) electrons. The van der Waals surface area contributed by atoms with E-state index in [-0.39, 0.29) is 6.04 Å². The zero-order valence-corrected chi connectivity index (χ0v) is 13.2. The van der Waals surface area contributed by atoms with Gasteiger partial charge in [0.05, 0.1) is 0 Å². The van der Waals surface area contributed by atoms with Crippen LogP contribution in [0, 0.1) is 11.8 Å². The fourth-order valence-corrected chi connectivity index (χ4v) is 3.94. The number of carbonyl (C=O) groups is 1. The van der Waals surface area contributed by atoms with Gasteiger partial charge < -0.3 is 10.6 Å². The molecule has 0 aromatic carbocycles. The minimum Gasteiger partial charge on any atom is -0.342 e. The van der Waals surface area contributed by atoms with Crippen molar-refractivity contribution in [3.05, 3.63) is 0 Å². The van der Waals surface area contributed by atoms with Gasteiger partial charge in [0, 0.05) is 25.6 Å². The van der Waals surface area contributed by atoms with Crippen LogP contribution in [-0.4, -0.2) is 29.9 Å². The maximum Gasteiger partial charge on any atom is 0.222 e. The minimum absolute atomic E-state index is 0.261. The summed E-state index contributed by atoms with van der Waals surface area (Å²) in [5, 5.41) is 0. The third kappa shape index (κ3) is 4.47. The van der Waals surface area contributed by atoms with Gasteiger partial charge in [0.1, 0.15) is 0 Å². The Bertz CT molecular complexity index is 299. The normalized spacial score (nSPS) is 27.7. The van der Waals surface area contributed by atoms with Crippen LogP contribution in [0.2, 0.25) is 0 Å². The lowest BCUT2D eigenvalue weighted by molar-refractivity contribution is -0.133. The van der Waals surface area contributed by atoms with Gasteiger partial charge in [-0.15, -0.1) is 0 Å². The summed E-state index contributed by atoms with van der Waals surface area (Å²) < 4.78 is 0. The Hall–Kier alpha value is -0.570. The van der Waals surface area contributed by atoms with Gasteiger partial charge in [-0.05, 0) is 43.9 Å². The van der Waals surface area contributed by atoms with Gasteiger partial charge in [0.25, 0.3) is 0 Å². The number of amides is 1. The SMILES string of the molecule is CCCN(CC1CCCCC1)C(=O)C[C@@H]1CCC[C@H]1N. The van der Waals surface area contributed by atoms with E-state index < -0.39 is 0 Å². The maximum absolute atomic E-state index is 12.6. The van der Waals surface area contributed by atoms with Crippen LogP contribution in [0.3, 0.4) is 0 Å². The molecule has 0 unspecified atom stereocenters. The molecule has 2 rings (SSSR count). The summed E-state index contributed by atoms with van der Waals surface area (Å²) in [4.78, 5) is 14.7. The van der Waals surface area contributed by atoms with Crippen molar-refractivity contribution in [2.75, 3.05) is 13.1 Å². The smallest absolute Gasteiger partial charge is 0.222 e. The van der Waals surface area contributed by atoms with E-state index in [9.17, 15) is 4.79 Å². The van der Waals surface area contributed by atoms with Crippen LogP contribution in [0.15, 0.2) is 0 Å². The molecule has 2 atom stereocenters. The molecule has 3 heteroatoms. The second-order valence-electron chi connectivity index (χ2n) is 6.90. The molecular weight excluding hydrogens is 248 g/mol. The highest BCUT2D eigenvalue weighted by Gasteiger charge is 2.28.